The van der Waals surface area contributed by atoms with E-state index < -0.39 is 0 Å². The van der Waals surface area contributed by atoms with Gasteiger partial charge < -0.3 is 10.1 Å². The maximum atomic E-state index is 13.9. The summed E-state index contributed by atoms with van der Waals surface area (Å²) in [5, 5.41) is 17.8. The molecular weight excluding hydrogens is 497 g/mol. The highest BCUT2D eigenvalue weighted by Crippen LogP contribution is 2.35. The van der Waals surface area contributed by atoms with E-state index in [0.29, 0.717) is 21.6 Å². The topological polar surface area (TPSA) is 79.7 Å². The van der Waals surface area contributed by atoms with Crippen LogP contribution < -0.4 is 10.1 Å². The van der Waals surface area contributed by atoms with Gasteiger partial charge in [-0.3, -0.25) is 4.79 Å². The smallest absolute Gasteiger partial charge is 0.253 e. The molecule has 0 bridgehead atoms. The van der Waals surface area contributed by atoms with E-state index in [0.717, 1.165) is 22.6 Å². The zero-order valence-electron chi connectivity index (χ0n) is 19.3. The van der Waals surface area contributed by atoms with Crippen LogP contribution in [0, 0.1) is 5.82 Å². The summed E-state index contributed by atoms with van der Waals surface area (Å²) in [6.07, 6.45) is 0.613. The Kier molecular flexibility index (Phi) is 7.24. The van der Waals surface area contributed by atoms with Crippen molar-refractivity contribution in [2.75, 3.05) is 18.2 Å². The molecule has 182 valence electrons. The number of carbonyl (C=O) groups excluding carboxylic acids is 1. The number of nitrogens with one attached hydrogen (secondary N) is 1. The van der Waals surface area contributed by atoms with Gasteiger partial charge in [-0.25, -0.2) is 9.40 Å². The molecule has 5 rings (SSSR count). The highest BCUT2D eigenvalue weighted by atomic mass is 32.2. The molecule has 0 spiro atoms. The number of hydrogen-bond acceptors (Lipinski definition) is 8. The van der Waals surface area contributed by atoms with E-state index in [1.807, 2.05) is 54.6 Å². The van der Waals surface area contributed by atoms with Crippen molar-refractivity contribution in [3.05, 3.63) is 95.8 Å². The van der Waals surface area contributed by atoms with E-state index in [4.69, 9.17) is 9.84 Å². The van der Waals surface area contributed by atoms with Crippen LogP contribution in [0.15, 0.2) is 88.3 Å². The van der Waals surface area contributed by atoms with Crippen molar-refractivity contribution >= 4 is 45.5 Å². The molecule has 0 aliphatic carbocycles. The minimum Gasteiger partial charge on any atom is -0.497 e. The Hall–Kier alpha value is -3.76. The quantitative estimate of drug-likeness (QED) is 0.292. The van der Waals surface area contributed by atoms with Crippen LogP contribution in [0.2, 0.25) is 0 Å². The summed E-state index contributed by atoms with van der Waals surface area (Å²) in [6, 6.07) is 23.7. The average Bonchev–Trinajstić information content (AvgIpc) is 3.57. The molecule has 1 atom stereocenters. The van der Waals surface area contributed by atoms with Crippen LogP contribution in [0.3, 0.4) is 0 Å². The van der Waals surface area contributed by atoms with Gasteiger partial charge in [0.2, 0.25) is 5.13 Å². The number of halogens is 1. The molecule has 1 aliphatic heterocycles. The summed E-state index contributed by atoms with van der Waals surface area (Å²) in [5.41, 5.74) is 3.16. The first-order valence-electron chi connectivity index (χ1n) is 11.2. The van der Waals surface area contributed by atoms with Gasteiger partial charge >= 0.3 is 0 Å². The number of ether oxygens (including phenoxy) is 1. The molecule has 0 saturated heterocycles. The number of amides is 1. The van der Waals surface area contributed by atoms with Crippen molar-refractivity contribution in [2.45, 2.75) is 16.8 Å². The van der Waals surface area contributed by atoms with E-state index >= 15 is 0 Å². The number of hydrogen-bond donors (Lipinski definition) is 1. The molecule has 1 N–H and O–H groups in total. The van der Waals surface area contributed by atoms with Crippen LogP contribution in [0.5, 0.6) is 5.75 Å². The number of aromatic nitrogens is 2. The second-order valence-electron chi connectivity index (χ2n) is 7.91. The Labute approximate surface area is 216 Å². The van der Waals surface area contributed by atoms with Gasteiger partial charge in [0, 0.05) is 6.42 Å². The summed E-state index contributed by atoms with van der Waals surface area (Å²) < 4.78 is 19.8. The lowest BCUT2D eigenvalue weighted by atomic mass is 9.98. The maximum absolute atomic E-state index is 13.9. The Bertz CT molecular complexity index is 1380. The zero-order chi connectivity index (χ0) is 24.9. The molecule has 0 saturated carbocycles. The largest absolute Gasteiger partial charge is 0.497 e. The number of carbonyl (C=O) groups is 1. The first kappa shape index (κ1) is 24.0. The van der Waals surface area contributed by atoms with Gasteiger partial charge in [-0.05, 0) is 35.4 Å². The third-order valence-electron chi connectivity index (χ3n) is 5.61. The number of para-hydroxylation sites is 1. The van der Waals surface area contributed by atoms with Gasteiger partial charge in [-0.15, -0.1) is 10.2 Å². The van der Waals surface area contributed by atoms with E-state index in [1.165, 1.54) is 29.2 Å². The molecule has 10 heteroatoms. The lowest BCUT2D eigenvalue weighted by molar-refractivity contribution is -0.130. The van der Waals surface area contributed by atoms with Crippen molar-refractivity contribution in [1.29, 1.82) is 0 Å². The van der Waals surface area contributed by atoms with Gasteiger partial charge in [-0.1, -0.05) is 77.7 Å². The second kappa shape index (κ2) is 10.9. The van der Waals surface area contributed by atoms with E-state index in [-0.39, 0.29) is 23.5 Å². The van der Waals surface area contributed by atoms with Crippen molar-refractivity contribution in [3.8, 4) is 5.75 Å². The molecule has 36 heavy (non-hydrogen) atoms. The number of anilines is 2. The molecule has 4 aromatic rings. The average molecular weight is 520 g/mol. The fraction of sp³-hybridized carbons (Fsp3) is 0.154. The fourth-order valence-corrected chi connectivity index (χ4v) is 5.43. The van der Waals surface area contributed by atoms with E-state index in [2.05, 4.69) is 15.5 Å². The number of thioether (sulfide) groups is 1. The van der Waals surface area contributed by atoms with Crippen molar-refractivity contribution in [1.82, 2.24) is 15.2 Å². The normalized spacial score (nSPS) is 15.0. The Morgan fingerprint density at radius 3 is 2.58 bits per heavy atom. The summed E-state index contributed by atoms with van der Waals surface area (Å²) in [5.74, 6) is 0.394. The molecule has 0 unspecified atom stereocenters. The lowest BCUT2D eigenvalue weighted by Gasteiger charge is -2.22. The summed E-state index contributed by atoms with van der Waals surface area (Å²) in [7, 11) is 1.62. The van der Waals surface area contributed by atoms with Crippen LogP contribution in [0.25, 0.3) is 0 Å². The summed E-state index contributed by atoms with van der Waals surface area (Å²) in [4.78, 5) is 13.3. The highest BCUT2D eigenvalue weighted by molar-refractivity contribution is 8.01. The maximum Gasteiger partial charge on any atom is 0.253 e. The predicted octanol–water partition coefficient (Wildman–Crippen LogP) is 5.90. The predicted molar refractivity (Wildman–Crippen MR) is 140 cm³/mol. The summed E-state index contributed by atoms with van der Waals surface area (Å²) >= 11 is 2.54. The minimum absolute atomic E-state index is 0.134. The van der Waals surface area contributed by atoms with E-state index in [9.17, 15) is 9.18 Å². The molecule has 2 heterocycles. The molecule has 3 aromatic carbocycles. The van der Waals surface area contributed by atoms with Gasteiger partial charge in [-0.2, -0.15) is 5.10 Å². The van der Waals surface area contributed by atoms with Crippen LogP contribution in [0.1, 0.15) is 23.6 Å². The van der Waals surface area contributed by atoms with Crippen LogP contribution >= 0.6 is 23.1 Å². The van der Waals surface area contributed by atoms with Crippen LogP contribution in [-0.2, 0) is 4.79 Å². The number of methoxy groups -OCH3 is 1. The zero-order valence-corrected chi connectivity index (χ0v) is 20.9. The Morgan fingerprint density at radius 2 is 1.83 bits per heavy atom. The number of benzene rings is 3. The third-order valence-corrected chi connectivity index (χ3v) is 7.57. The van der Waals surface area contributed by atoms with Crippen molar-refractivity contribution < 1.29 is 13.9 Å². The number of rotatable bonds is 8. The SMILES string of the molecule is COc1ccc([C@H]2CC(c3ccccc3)=NN2C(=O)CSc2nnc(Nc3ccccc3F)s2)cc1. The molecule has 7 nitrogen and oxygen atoms in total. The first-order chi connectivity index (χ1) is 17.6. The van der Waals surface area contributed by atoms with E-state index in [1.54, 1.807) is 30.3 Å². The van der Waals surface area contributed by atoms with Crippen molar-refractivity contribution in [2.24, 2.45) is 5.10 Å². The number of nitrogens with zero attached hydrogens (tertiary/aromatic N) is 4. The molecule has 1 amide bonds. The van der Waals surface area contributed by atoms with Gasteiger partial charge in [0.05, 0.1) is 30.3 Å². The highest BCUT2D eigenvalue weighted by Gasteiger charge is 2.33. The number of hydrazone groups is 1. The van der Waals surface area contributed by atoms with Crippen LogP contribution in [0.4, 0.5) is 15.2 Å². The lowest BCUT2D eigenvalue weighted by Crippen LogP contribution is -2.28. The van der Waals surface area contributed by atoms with Gasteiger partial charge in [0.1, 0.15) is 11.6 Å². The second-order valence-corrected chi connectivity index (χ2v) is 10.1. The van der Waals surface area contributed by atoms with Crippen molar-refractivity contribution in [3.63, 3.8) is 0 Å². The molecule has 1 aliphatic rings. The molecule has 0 fully saturated rings. The first-order valence-corrected chi connectivity index (χ1v) is 13.0. The summed E-state index contributed by atoms with van der Waals surface area (Å²) in [6.45, 7) is 0. The molecule has 0 radical (unpaired) electrons. The Morgan fingerprint density at radius 1 is 1.08 bits per heavy atom. The fourth-order valence-electron chi connectivity index (χ4n) is 3.82. The standard InChI is InChI=1S/C26H22FN5O2S2/c1-34-19-13-11-18(12-14-19)23-15-22(17-7-3-2-4-8-17)31-32(23)24(33)16-35-26-30-29-25(36-26)28-21-10-6-5-9-20(21)27/h2-14,23H,15-16H2,1H3,(H,28,29)/t23-/m1/s1. The monoisotopic (exact) mass is 519 g/mol. The van der Waals surface area contributed by atoms with Gasteiger partial charge in [0.25, 0.3) is 5.91 Å². The third kappa shape index (κ3) is 5.39. The van der Waals surface area contributed by atoms with Crippen LogP contribution in [-0.4, -0.2) is 39.7 Å². The minimum atomic E-state index is -0.372. The molecular formula is C26H22FN5O2S2. The van der Waals surface area contributed by atoms with Gasteiger partial charge in [0.15, 0.2) is 4.34 Å². The molecule has 1 aromatic heterocycles. The Balaban J connectivity index is 1.30.